The molecule has 12 aromatic carbocycles. The second-order valence-electron chi connectivity index (χ2n) is 25.5. The van der Waals surface area contributed by atoms with Gasteiger partial charge in [-0.05, 0) is 190 Å². The second kappa shape index (κ2) is 27.8. The number of pyridine rings is 2. The molecule has 1 N–H and O–H groups in total. The maximum atomic E-state index is 8.36. The van der Waals surface area contributed by atoms with Crippen LogP contribution < -0.4 is 4.65 Å². The fourth-order valence-corrected chi connectivity index (χ4v) is 20.0. The molecule has 511 valence electrons. The molecule has 0 unspecified atom stereocenters. The summed E-state index contributed by atoms with van der Waals surface area (Å²) in [4.78, 5) is 39.2. The van der Waals surface area contributed by atoms with Crippen LogP contribution in [0.1, 0.15) is 0 Å². The molecule has 0 aliphatic rings. The molecule has 0 aliphatic carbocycles. The molecule has 20 heteroatoms. The van der Waals surface area contributed by atoms with Gasteiger partial charge < -0.3 is 9.68 Å². The van der Waals surface area contributed by atoms with Crippen molar-refractivity contribution in [2.75, 3.05) is 0 Å². The van der Waals surface area contributed by atoms with Gasteiger partial charge in [-0.15, -0.1) is 56.7 Å². The summed E-state index contributed by atoms with van der Waals surface area (Å²) in [6.07, 6.45) is 3.90. The van der Waals surface area contributed by atoms with Gasteiger partial charge in [0.25, 0.3) is 5.19 Å². The van der Waals surface area contributed by atoms with E-state index in [1.165, 1.54) is 30.1 Å². The number of benzene rings is 12. The highest BCUT2D eigenvalue weighted by Crippen LogP contribution is 2.45. The van der Waals surface area contributed by atoms with Gasteiger partial charge in [-0.25, -0.2) is 39.9 Å². The lowest BCUT2D eigenvalue weighted by Crippen LogP contribution is -1.99. The van der Waals surface area contributed by atoms with Gasteiger partial charge in [0, 0.05) is 71.8 Å². The van der Waals surface area contributed by atoms with Crippen LogP contribution in [-0.4, -0.2) is 61.7 Å². The Morgan fingerprint density at radius 3 is 0.954 bits per heavy atom. The van der Waals surface area contributed by atoms with Gasteiger partial charge in [-0.3, -0.25) is 9.13 Å². The van der Waals surface area contributed by atoms with Crippen LogP contribution in [0.4, 0.5) is 0 Å². The molecule has 0 saturated carbocycles. The Labute approximate surface area is 649 Å². The third kappa shape index (κ3) is 12.2. The fraction of sp³-hybridized carbons (Fsp3) is 0. The summed E-state index contributed by atoms with van der Waals surface area (Å²) < 4.78 is 17.2. The molecule has 108 heavy (non-hydrogen) atoms. The highest BCUT2D eigenvalue weighted by Gasteiger charge is 2.23. The molecule has 22 aromatic rings. The maximum Gasteiger partial charge on any atom is 0.571 e. The van der Waals surface area contributed by atoms with Gasteiger partial charge >= 0.3 is 7.69 Å². The summed E-state index contributed by atoms with van der Waals surface area (Å²) in [5, 5.41) is 18.4. The van der Waals surface area contributed by atoms with Crippen molar-refractivity contribution in [1.82, 2.24) is 49.0 Å². The van der Waals surface area contributed by atoms with Crippen LogP contribution in [0.5, 0.6) is 5.19 Å². The maximum absolute atomic E-state index is 8.36. The highest BCUT2D eigenvalue weighted by molar-refractivity contribution is 9.10. The number of para-hydroxylation sites is 6. The predicted octanol–water partition coefficient (Wildman–Crippen LogP) is 25.0. The van der Waals surface area contributed by atoms with E-state index in [-0.39, 0.29) is 0 Å². The van der Waals surface area contributed by atoms with Crippen molar-refractivity contribution >= 4 is 197 Å². The smallest absolute Gasteiger partial charge is 0.515 e. The number of fused-ring (bicyclic) bond motifs is 12. The topological polar surface area (TPSA) is 142 Å². The lowest BCUT2D eigenvalue weighted by molar-refractivity contribution is 0.452. The van der Waals surface area contributed by atoms with Crippen LogP contribution in [0, 0.1) is 0 Å². The SMILES string of the molecule is Brc1cnc(-n2c3ccc(-c4nc5ccccc5s4)cc3c3cc(-c4nc5ccccc5s4)ccc32)cc1-c1ccccc1.O[B]Oc1nc2ccccc2s1.c1ccc(-c2cc(-n3c4ccc(-c5nc6ccccc6s5)cc4c4cc(-c5nc6ccccc6s5)ccc43)ncc2-c2nc3ccccc3s2)cc1. The van der Waals surface area contributed by atoms with Crippen molar-refractivity contribution in [2.45, 2.75) is 0 Å². The number of halogens is 1. The number of rotatable bonds is 11. The van der Waals surface area contributed by atoms with Gasteiger partial charge in [0.05, 0.1) is 83.4 Å². The zero-order chi connectivity index (χ0) is 71.8. The molecule has 12 nitrogen and oxygen atoms in total. The first-order valence-electron chi connectivity index (χ1n) is 34.5. The van der Waals surface area contributed by atoms with E-state index in [1.54, 1.807) is 56.7 Å². The first kappa shape index (κ1) is 65.7. The van der Waals surface area contributed by atoms with Crippen molar-refractivity contribution in [3.8, 4) is 91.9 Å². The van der Waals surface area contributed by atoms with Gasteiger partial charge in [0.15, 0.2) is 0 Å². The molecule has 10 aromatic heterocycles. The molecule has 0 saturated heterocycles. The molecule has 22 rings (SSSR count). The minimum absolute atomic E-state index is 0.457. The molecule has 0 amide bonds. The number of hydrogen-bond donors (Lipinski definition) is 1. The molecule has 0 fully saturated rings. The van der Waals surface area contributed by atoms with Crippen LogP contribution in [0.15, 0.2) is 308 Å². The van der Waals surface area contributed by atoms with E-state index in [4.69, 9.17) is 44.6 Å². The van der Waals surface area contributed by atoms with Gasteiger partial charge in [0.1, 0.15) is 36.7 Å². The average molecular weight is 1560 g/mol. The Balaban J connectivity index is 0.000000124. The monoisotopic (exact) mass is 1560 g/mol. The van der Waals surface area contributed by atoms with E-state index in [9.17, 15) is 0 Å². The number of nitrogens with zero attached hydrogens (tertiary/aromatic N) is 10. The Bertz CT molecular complexity index is 6770. The zero-order valence-electron chi connectivity index (χ0n) is 56.6. The molecule has 0 aliphatic heterocycles. The summed E-state index contributed by atoms with van der Waals surface area (Å²) in [6.45, 7) is 0. The van der Waals surface area contributed by atoms with E-state index in [2.05, 4.69) is 261 Å². The average Bonchev–Trinajstić information content (AvgIpc) is 1.58. The van der Waals surface area contributed by atoms with Crippen molar-refractivity contribution < 1.29 is 9.68 Å². The standard InChI is InChI=1S/C44H25N5S3.C37H21BrN4S2.C7H5BNO2S/c1-2-10-26(11-3-1)29-24-41(45-25-32(29)44-48-35-14-6-9-17-40(35)52-44)49-36-20-18-27(42-46-33-12-4-7-15-38(33)50-42)22-30(36)31-23-28(19-21-37(31)49)43-47-34-13-5-8-16-39(34)51-43;38-28-21-39-35(20-25(28)22-8-2-1-3-9-22)42-31-16-14-23(36-40-29-10-4-6-12-33(29)43-36)18-26(31)27-19-24(15-17-32(27)42)37-41-30-11-5-7-13-34(30)44-37;10-8-11-7-9-5-3-1-2-4-6(5)12-7/h1-25H;1-21H;1-4,10H. The first-order valence-corrected chi connectivity index (χ1v) is 40.2. The summed E-state index contributed by atoms with van der Waals surface area (Å²) in [7, 11) is 0.637. The van der Waals surface area contributed by atoms with Crippen LogP contribution in [0.2, 0.25) is 0 Å². The highest BCUT2D eigenvalue weighted by atomic mass is 79.9. The van der Waals surface area contributed by atoms with Crippen LogP contribution in [0.3, 0.4) is 0 Å². The van der Waals surface area contributed by atoms with Crippen molar-refractivity contribution in [3.05, 3.63) is 308 Å². The first-order chi connectivity index (χ1) is 53.3. The van der Waals surface area contributed by atoms with Crippen molar-refractivity contribution in [1.29, 1.82) is 0 Å². The van der Waals surface area contributed by atoms with E-state index >= 15 is 0 Å². The van der Waals surface area contributed by atoms with E-state index in [1.807, 2.05) is 73.1 Å². The molecule has 10 heterocycles. The normalized spacial score (nSPS) is 11.6. The Morgan fingerprint density at radius 1 is 0.287 bits per heavy atom. The summed E-state index contributed by atoms with van der Waals surface area (Å²) >= 11 is 13.8. The van der Waals surface area contributed by atoms with Crippen LogP contribution in [0.25, 0.3) is 192 Å². The lowest BCUT2D eigenvalue weighted by Gasteiger charge is -2.13. The molecular formula is C88H51BBrN10O2S6. The third-order valence-corrected chi connectivity index (χ3v) is 26.0. The van der Waals surface area contributed by atoms with Crippen molar-refractivity contribution in [2.24, 2.45) is 0 Å². The van der Waals surface area contributed by atoms with Crippen molar-refractivity contribution in [3.63, 3.8) is 0 Å². The molecule has 0 atom stereocenters. The van der Waals surface area contributed by atoms with Crippen LogP contribution >= 0.6 is 84.0 Å². The fourth-order valence-electron chi connectivity index (χ4n) is 14.0. The van der Waals surface area contributed by atoms with E-state index < -0.39 is 0 Å². The Morgan fingerprint density at radius 2 is 0.593 bits per heavy atom. The molecule has 0 bridgehead atoms. The molecule has 0 spiro atoms. The zero-order valence-corrected chi connectivity index (χ0v) is 63.1. The van der Waals surface area contributed by atoms with Gasteiger partial charge in [0.2, 0.25) is 0 Å². The predicted molar refractivity (Wildman–Crippen MR) is 457 cm³/mol. The summed E-state index contributed by atoms with van der Waals surface area (Å²) in [6, 6.07) is 101. The molecular weight excluding hydrogens is 1510 g/mol. The summed E-state index contributed by atoms with van der Waals surface area (Å²) in [5.74, 6) is 1.72. The van der Waals surface area contributed by atoms with Crippen LogP contribution in [-0.2, 0) is 0 Å². The lowest BCUT2D eigenvalue weighted by atomic mass is 10.0. The van der Waals surface area contributed by atoms with Gasteiger partial charge in [-0.1, -0.05) is 145 Å². The Kier molecular flexibility index (Phi) is 16.9. The van der Waals surface area contributed by atoms with E-state index in [0.717, 1.165) is 177 Å². The number of thiazole rings is 6. The third-order valence-electron chi connectivity index (χ3n) is 19.0. The number of aromatic nitrogens is 10. The summed E-state index contributed by atoms with van der Waals surface area (Å²) in [5.41, 5.74) is 20.2. The quantitative estimate of drug-likeness (QED) is 0.124. The minimum Gasteiger partial charge on any atom is -0.515 e. The minimum atomic E-state index is 0.457. The second-order valence-corrected chi connectivity index (χ2v) is 32.5. The van der Waals surface area contributed by atoms with E-state index in [0.29, 0.717) is 12.9 Å². The Hall–Kier alpha value is -11.8. The molecule has 1 radical (unpaired) electrons. The largest absolute Gasteiger partial charge is 0.571 e. The number of hydrogen-bond acceptors (Lipinski definition) is 16. The van der Waals surface area contributed by atoms with Gasteiger partial charge in [-0.2, -0.15) is 0 Å².